The quantitative estimate of drug-likeness (QED) is 0.687. The van der Waals surface area contributed by atoms with Gasteiger partial charge in [-0.3, -0.25) is 9.69 Å². The number of nitrogens with zero attached hydrogens (tertiary/aromatic N) is 2. The summed E-state index contributed by atoms with van der Waals surface area (Å²) in [5.41, 5.74) is 0. The van der Waals surface area contributed by atoms with Gasteiger partial charge in [0.1, 0.15) is 0 Å². The van der Waals surface area contributed by atoms with Crippen LogP contribution in [0, 0.1) is 11.3 Å². The van der Waals surface area contributed by atoms with E-state index >= 15 is 0 Å². The highest BCUT2D eigenvalue weighted by atomic mass is 79.9. The van der Waals surface area contributed by atoms with Crippen molar-refractivity contribution < 1.29 is 9.53 Å². The van der Waals surface area contributed by atoms with Crippen LogP contribution in [0.5, 0.6) is 0 Å². The molecular weight excluding hydrogens is 316 g/mol. The first-order valence-corrected chi connectivity index (χ1v) is 7.20. The van der Waals surface area contributed by atoms with Gasteiger partial charge in [-0.05, 0) is 27.4 Å². The van der Waals surface area contributed by atoms with Gasteiger partial charge in [0.25, 0.3) is 0 Å². The maximum Gasteiger partial charge on any atom is 0.187 e. The predicted molar refractivity (Wildman–Crippen MR) is 74.9 cm³/mol. The van der Waals surface area contributed by atoms with E-state index in [1.165, 1.54) is 11.3 Å². The van der Waals surface area contributed by atoms with Crippen LogP contribution >= 0.6 is 27.3 Å². The van der Waals surface area contributed by atoms with Crippen LogP contribution in [0.15, 0.2) is 15.9 Å². The standard InChI is InChI=1S/C12H15BrN2O2S/c1-17-7-6-15(5-2-4-14)9-11(16)12-10(13)3-8-18-12/h3,8H,2,5-7,9H2,1H3. The minimum atomic E-state index is 0.0749. The molecular formula is C12H15BrN2O2S. The molecule has 0 radical (unpaired) electrons. The van der Waals surface area contributed by atoms with Crippen molar-refractivity contribution in [1.29, 1.82) is 5.26 Å². The van der Waals surface area contributed by atoms with E-state index in [1.54, 1.807) is 7.11 Å². The number of hydrogen-bond donors (Lipinski definition) is 0. The maximum absolute atomic E-state index is 12.1. The molecule has 0 spiro atoms. The number of rotatable bonds is 8. The van der Waals surface area contributed by atoms with Crippen LogP contribution in [0.3, 0.4) is 0 Å². The molecule has 1 heterocycles. The third-order valence-electron chi connectivity index (χ3n) is 2.39. The van der Waals surface area contributed by atoms with Crippen molar-refractivity contribution >= 4 is 33.0 Å². The maximum atomic E-state index is 12.1. The molecule has 1 aromatic rings. The third kappa shape index (κ3) is 4.86. The average molecular weight is 331 g/mol. The lowest BCUT2D eigenvalue weighted by atomic mass is 10.3. The smallest absolute Gasteiger partial charge is 0.187 e. The highest BCUT2D eigenvalue weighted by Crippen LogP contribution is 2.23. The Bertz CT molecular complexity index is 428. The van der Waals surface area contributed by atoms with Gasteiger partial charge in [-0.25, -0.2) is 0 Å². The minimum absolute atomic E-state index is 0.0749. The summed E-state index contributed by atoms with van der Waals surface area (Å²) in [5, 5.41) is 10.5. The molecule has 0 aliphatic rings. The SMILES string of the molecule is COCCN(CCC#N)CC(=O)c1sccc1Br. The van der Waals surface area contributed by atoms with Crippen LogP contribution in [0.25, 0.3) is 0 Å². The van der Waals surface area contributed by atoms with E-state index in [0.717, 1.165) is 9.35 Å². The largest absolute Gasteiger partial charge is 0.383 e. The molecule has 0 aliphatic carbocycles. The first-order chi connectivity index (χ1) is 8.69. The van der Waals surface area contributed by atoms with E-state index in [-0.39, 0.29) is 5.78 Å². The predicted octanol–water partition coefficient (Wildman–Crippen LogP) is 2.56. The van der Waals surface area contributed by atoms with Crippen molar-refractivity contribution in [3.8, 4) is 6.07 Å². The van der Waals surface area contributed by atoms with Crippen molar-refractivity contribution in [2.24, 2.45) is 0 Å². The van der Waals surface area contributed by atoms with Crippen LogP contribution in [0.4, 0.5) is 0 Å². The first-order valence-electron chi connectivity index (χ1n) is 5.53. The second kappa shape index (κ2) is 8.38. The van der Waals surface area contributed by atoms with Gasteiger partial charge in [-0.15, -0.1) is 11.3 Å². The number of thiophene rings is 1. The Morgan fingerprint density at radius 1 is 1.61 bits per heavy atom. The van der Waals surface area contributed by atoms with Crippen LogP contribution < -0.4 is 0 Å². The summed E-state index contributed by atoms with van der Waals surface area (Å²) in [7, 11) is 1.63. The van der Waals surface area contributed by atoms with Crippen molar-refractivity contribution in [2.45, 2.75) is 6.42 Å². The Morgan fingerprint density at radius 2 is 2.39 bits per heavy atom. The number of nitriles is 1. The number of hydrogen-bond acceptors (Lipinski definition) is 5. The van der Waals surface area contributed by atoms with E-state index in [1.807, 2.05) is 16.3 Å². The summed E-state index contributed by atoms with van der Waals surface area (Å²) < 4.78 is 5.84. The lowest BCUT2D eigenvalue weighted by molar-refractivity contribution is 0.0901. The molecule has 0 fully saturated rings. The lowest BCUT2D eigenvalue weighted by Crippen LogP contribution is -2.33. The summed E-state index contributed by atoms with van der Waals surface area (Å²) in [6, 6.07) is 3.96. The lowest BCUT2D eigenvalue weighted by Gasteiger charge is -2.19. The van der Waals surface area contributed by atoms with Gasteiger partial charge in [-0.1, -0.05) is 0 Å². The highest BCUT2D eigenvalue weighted by molar-refractivity contribution is 9.10. The second-order valence-electron chi connectivity index (χ2n) is 3.70. The van der Waals surface area contributed by atoms with Crippen LogP contribution in [0.2, 0.25) is 0 Å². The zero-order valence-electron chi connectivity index (χ0n) is 10.2. The summed E-state index contributed by atoms with van der Waals surface area (Å²) in [5.74, 6) is 0.0749. The van der Waals surface area contributed by atoms with E-state index < -0.39 is 0 Å². The van der Waals surface area contributed by atoms with Crippen molar-refractivity contribution in [1.82, 2.24) is 4.90 Å². The number of carbonyl (C=O) groups excluding carboxylic acids is 1. The summed E-state index contributed by atoms with van der Waals surface area (Å²) >= 11 is 4.78. The normalized spacial score (nSPS) is 10.6. The first kappa shape index (κ1) is 15.3. The molecule has 0 bridgehead atoms. The van der Waals surface area contributed by atoms with Crippen molar-refractivity contribution in [3.05, 3.63) is 20.8 Å². The van der Waals surface area contributed by atoms with Crippen LogP contribution in [0.1, 0.15) is 16.1 Å². The Balaban J connectivity index is 2.56. The summed E-state index contributed by atoms with van der Waals surface area (Å²) in [6.45, 7) is 2.13. The summed E-state index contributed by atoms with van der Waals surface area (Å²) in [4.78, 5) is 14.8. The molecule has 0 atom stereocenters. The number of carbonyl (C=O) groups is 1. The van der Waals surface area contributed by atoms with Gasteiger partial charge in [0, 0.05) is 31.1 Å². The third-order valence-corrected chi connectivity index (χ3v) is 4.27. The van der Waals surface area contributed by atoms with E-state index in [0.29, 0.717) is 32.7 Å². The molecule has 0 unspecified atom stereocenters. The van der Waals surface area contributed by atoms with Crippen LogP contribution in [-0.4, -0.2) is 44.0 Å². The van der Waals surface area contributed by atoms with Gasteiger partial charge < -0.3 is 4.74 Å². The second-order valence-corrected chi connectivity index (χ2v) is 5.47. The fraction of sp³-hybridized carbons (Fsp3) is 0.500. The molecule has 4 nitrogen and oxygen atoms in total. The van der Waals surface area contributed by atoms with E-state index in [4.69, 9.17) is 10.00 Å². The van der Waals surface area contributed by atoms with Crippen LogP contribution in [-0.2, 0) is 4.74 Å². The van der Waals surface area contributed by atoms with Gasteiger partial charge in [-0.2, -0.15) is 5.26 Å². The monoisotopic (exact) mass is 330 g/mol. The molecule has 0 N–H and O–H groups in total. The van der Waals surface area contributed by atoms with Gasteiger partial charge in [0.05, 0.1) is 24.1 Å². The molecule has 1 aromatic heterocycles. The number of ketones is 1. The van der Waals surface area contributed by atoms with Crippen molar-refractivity contribution in [2.75, 3.05) is 33.4 Å². The van der Waals surface area contributed by atoms with Gasteiger partial charge in [0.2, 0.25) is 0 Å². The molecule has 0 saturated carbocycles. The number of ether oxygens (including phenoxy) is 1. The average Bonchev–Trinajstić information content (AvgIpc) is 2.78. The number of halogens is 1. The van der Waals surface area contributed by atoms with E-state index in [9.17, 15) is 4.79 Å². The molecule has 0 saturated heterocycles. The molecule has 1 rings (SSSR count). The van der Waals surface area contributed by atoms with E-state index in [2.05, 4.69) is 22.0 Å². The molecule has 0 aliphatic heterocycles. The highest BCUT2D eigenvalue weighted by Gasteiger charge is 2.15. The molecule has 98 valence electrons. The molecule has 6 heteroatoms. The fourth-order valence-corrected chi connectivity index (χ4v) is 2.99. The molecule has 18 heavy (non-hydrogen) atoms. The summed E-state index contributed by atoms with van der Waals surface area (Å²) in [6.07, 6.45) is 0.419. The Labute approximate surface area is 119 Å². The fourth-order valence-electron chi connectivity index (χ4n) is 1.47. The topological polar surface area (TPSA) is 53.3 Å². The Morgan fingerprint density at radius 3 is 2.94 bits per heavy atom. The number of Topliss-reactive ketones (excluding diaryl/α,β-unsaturated/α-hetero) is 1. The molecule has 0 aromatic carbocycles. The molecule has 0 amide bonds. The minimum Gasteiger partial charge on any atom is -0.383 e. The van der Waals surface area contributed by atoms with Gasteiger partial charge in [0.15, 0.2) is 5.78 Å². The Hall–Kier alpha value is -0.740. The van der Waals surface area contributed by atoms with Crippen molar-refractivity contribution in [3.63, 3.8) is 0 Å². The Kier molecular flexibility index (Phi) is 7.13. The zero-order chi connectivity index (χ0) is 13.4. The zero-order valence-corrected chi connectivity index (χ0v) is 12.6. The number of methoxy groups -OCH3 is 1. The van der Waals surface area contributed by atoms with Gasteiger partial charge >= 0.3 is 0 Å².